The summed E-state index contributed by atoms with van der Waals surface area (Å²) in [6, 6.07) is 3.50. The monoisotopic (exact) mass is 219 g/mol. The van der Waals surface area contributed by atoms with Gasteiger partial charge in [-0.05, 0) is 19.1 Å². The lowest BCUT2D eigenvalue weighted by molar-refractivity contribution is 0.278. The Balaban J connectivity index is 2.86. The zero-order chi connectivity index (χ0) is 11.7. The number of pyridine rings is 1. The van der Waals surface area contributed by atoms with E-state index in [9.17, 15) is 10.2 Å². The lowest BCUT2D eigenvalue weighted by Crippen LogP contribution is -1.94. The molecule has 0 unspecified atom stereocenters. The second kappa shape index (κ2) is 3.98. The molecule has 0 aliphatic rings. The van der Waals surface area contributed by atoms with Crippen molar-refractivity contribution in [3.63, 3.8) is 0 Å². The normalized spacial score (nSPS) is 10.7. The maximum Gasteiger partial charge on any atom is 0.130 e. The molecule has 1 aromatic carbocycles. The molecule has 4 nitrogen and oxygen atoms in total. The fraction of sp³-hybridized carbons (Fsp3) is 0.250. The van der Waals surface area contributed by atoms with Crippen LogP contribution in [0.25, 0.3) is 10.8 Å². The molecule has 0 saturated heterocycles. The van der Waals surface area contributed by atoms with Crippen LogP contribution in [0.5, 0.6) is 11.5 Å². The number of fused-ring (bicyclic) bond motifs is 1. The van der Waals surface area contributed by atoms with Gasteiger partial charge < -0.3 is 14.9 Å². The highest BCUT2D eigenvalue weighted by molar-refractivity contribution is 5.92. The summed E-state index contributed by atoms with van der Waals surface area (Å²) in [5, 5.41) is 20.6. The Morgan fingerprint density at radius 1 is 1.38 bits per heavy atom. The smallest absolute Gasteiger partial charge is 0.130 e. The largest absolute Gasteiger partial charge is 0.507 e. The van der Waals surface area contributed by atoms with Crippen LogP contribution in [0.2, 0.25) is 0 Å². The Hall–Kier alpha value is -1.81. The van der Waals surface area contributed by atoms with Crippen molar-refractivity contribution >= 4 is 10.8 Å². The summed E-state index contributed by atoms with van der Waals surface area (Å²) in [6.07, 6.45) is 1.57. The molecule has 0 bridgehead atoms. The molecule has 0 radical (unpaired) electrons. The van der Waals surface area contributed by atoms with Gasteiger partial charge in [-0.15, -0.1) is 0 Å². The summed E-state index contributed by atoms with van der Waals surface area (Å²) in [5.41, 5.74) is 1.22. The summed E-state index contributed by atoms with van der Waals surface area (Å²) >= 11 is 0. The van der Waals surface area contributed by atoms with Gasteiger partial charge in [0.2, 0.25) is 0 Å². The average Bonchev–Trinajstić information content (AvgIpc) is 2.33. The summed E-state index contributed by atoms with van der Waals surface area (Å²) in [7, 11) is 1.54. The second-order valence-electron chi connectivity index (χ2n) is 3.56. The van der Waals surface area contributed by atoms with Gasteiger partial charge in [-0.25, -0.2) is 0 Å². The lowest BCUT2D eigenvalue weighted by Gasteiger charge is -2.11. The standard InChI is InChI=1S/C12H13NO3/c1-7-11(16-2)5-9-8(12(7)15)3-4-13-10(9)6-14/h3-5,14-15H,6H2,1-2H3. The van der Waals surface area contributed by atoms with Crippen LogP contribution in [-0.4, -0.2) is 22.3 Å². The maximum atomic E-state index is 10.0. The zero-order valence-electron chi connectivity index (χ0n) is 9.19. The number of phenolic OH excluding ortho intramolecular Hbond substituents is 1. The fourth-order valence-corrected chi connectivity index (χ4v) is 1.78. The molecule has 4 heteroatoms. The third kappa shape index (κ3) is 1.47. The Kier molecular flexibility index (Phi) is 2.66. The molecule has 0 amide bonds. The van der Waals surface area contributed by atoms with Gasteiger partial charge in [0, 0.05) is 22.5 Å². The fourth-order valence-electron chi connectivity index (χ4n) is 1.78. The molecule has 2 aromatic rings. The minimum atomic E-state index is -0.164. The Bertz CT molecular complexity index is 537. The summed E-state index contributed by atoms with van der Waals surface area (Å²) in [5.74, 6) is 0.763. The number of benzene rings is 1. The van der Waals surface area contributed by atoms with Crippen LogP contribution in [0, 0.1) is 6.92 Å². The van der Waals surface area contributed by atoms with Gasteiger partial charge in [0.15, 0.2) is 0 Å². The van der Waals surface area contributed by atoms with Gasteiger partial charge in [0.05, 0.1) is 19.4 Å². The molecule has 0 atom stereocenters. The van der Waals surface area contributed by atoms with Crippen molar-refractivity contribution in [3.05, 3.63) is 29.6 Å². The van der Waals surface area contributed by atoms with E-state index in [2.05, 4.69) is 4.98 Å². The minimum Gasteiger partial charge on any atom is -0.507 e. The molecule has 2 N–H and O–H groups in total. The first-order valence-electron chi connectivity index (χ1n) is 4.94. The number of hydrogen-bond acceptors (Lipinski definition) is 4. The highest BCUT2D eigenvalue weighted by atomic mass is 16.5. The van der Waals surface area contributed by atoms with Crippen molar-refractivity contribution in [1.82, 2.24) is 4.98 Å². The number of rotatable bonds is 2. The summed E-state index contributed by atoms with van der Waals surface area (Å²) in [6.45, 7) is 1.62. The molecular formula is C12H13NO3. The first kappa shape index (κ1) is 10.7. The van der Waals surface area contributed by atoms with Crippen LogP contribution >= 0.6 is 0 Å². The van der Waals surface area contributed by atoms with E-state index in [-0.39, 0.29) is 12.4 Å². The Morgan fingerprint density at radius 3 is 2.75 bits per heavy atom. The molecule has 0 aliphatic carbocycles. The van der Waals surface area contributed by atoms with Gasteiger partial charge in [0.1, 0.15) is 11.5 Å². The Labute approximate surface area is 93.1 Å². The molecule has 0 fully saturated rings. The van der Waals surface area contributed by atoms with E-state index in [1.807, 2.05) is 0 Å². The maximum absolute atomic E-state index is 10.0. The third-order valence-corrected chi connectivity index (χ3v) is 2.70. The number of hydrogen-bond donors (Lipinski definition) is 2. The number of methoxy groups -OCH3 is 1. The molecule has 0 aliphatic heterocycles. The number of phenols is 1. The predicted molar refractivity (Wildman–Crippen MR) is 60.6 cm³/mol. The highest BCUT2D eigenvalue weighted by Crippen LogP contribution is 2.36. The summed E-state index contributed by atoms with van der Waals surface area (Å²) < 4.78 is 5.16. The SMILES string of the molecule is COc1cc2c(CO)nccc2c(O)c1C. The number of aromatic hydroxyl groups is 1. The van der Waals surface area contributed by atoms with Crippen LogP contribution < -0.4 is 4.74 Å². The number of aliphatic hydroxyl groups is 1. The van der Waals surface area contributed by atoms with E-state index in [1.165, 1.54) is 0 Å². The molecule has 2 rings (SSSR count). The van der Waals surface area contributed by atoms with Crippen molar-refractivity contribution in [3.8, 4) is 11.5 Å². The first-order valence-corrected chi connectivity index (χ1v) is 4.94. The van der Waals surface area contributed by atoms with Crippen molar-refractivity contribution < 1.29 is 14.9 Å². The minimum absolute atomic E-state index is 0.164. The van der Waals surface area contributed by atoms with Crippen LogP contribution in [-0.2, 0) is 6.61 Å². The van der Waals surface area contributed by atoms with Gasteiger partial charge in [-0.2, -0.15) is 0 Å². The average molecular weight is 219 g/mol. The van der Waals surface area contributed by atoms with Gasteiger partial charge >= 0.3 is 0 Å². The zero-order valence-corrected chi connectivity index (χ0v) is 9.19. The number of aliphatic hydroxyl groups excluding tert-OH is 1. The van der Waals surface area contributed by atoms with E-state index < -0.39 is 0 Å². The van der Waals surface area contributed by atoms with E-state index in [4.69, 9.17) is 4.74 Å². The number of ether oxygens (including phenoxy) is 1. The molecular weight excluding hydrogens is 206 g/mol. The van der Waals surface area contributed by atoms with E-state index in [0.717, 1.165) is 0 Å². The molecule has 0 saturated carbocycles. The molecule has 16 heavy (non-hydrogen) atoms. The molecule has 84 valence electrons. The highest BCUT2D eigenvalue weighted by Gasteiger charge is 2.12. The number of nitrogens with zero attached hydrogens (tertiary/aromatic N) is 1. The van der Waals surface area contributed by atoms with Crippen molar-refractivity contribution in [2.45, 2.75) is 13.5 Å². The van der Waals surface area contributed by atoms with Crippen LogP contribution in [0.3, 0.4) is 0 Å². The Morgan fingerprint density at radius 2 is 2.12 bits per heavy atom. The lowest BCUT2D eigenvalue weighted by atomic mass is 10.0. The first-order chi connectivity index (χ1) is 7.69. The van der Waals surface area contributed by atoms with Gasteiger partial charge in [-0.1, -0.05) is 0 Å². The second-order valence-corrected chi connectivity index (χ2v) is 3.56. The summed E-state index contributed by atoms with van der Waals surface area (Å²) in [4.78, 5) is 4.05. The van der Waals surface area contributed by atoms with E-state index >= 15 is 0 Å². The predicted octanol–water partition coefficient (Wildman–Crippen LogP) is 1.75. The topological polar surface area (TPSA) is 62.6 Å². The third-order valence-electron chi connectivity index (χ3n) is 2.70. The van der Waals surface area contributed by atoms with Crippen molar-refractivity contribution in [2.75, 3.05) is 7.11 Å². The molecule has 0 spiro atoms. The van der Waals surface area contributed by atoms with E-state index in [1.54, 1.807) is 32.4 Å². The van der Waals surface area contributed by atoms with E-state index in [0.29, 0.717) is 27.8 Å². The number of aromatic nitrogens is 1. The van der Waals surface area contributed by atoms with Crippen LogP contribution in [0.15, 0.2) is 18.3 Å². The van der Waals surface area contributed by atoms with Crippen LogP contribution in [0.1, 0.15) is 11.3 Å². The quantitative estimate of drug-likeness (QED) is 0.807. The van der Waals surface area contributed by atoms with Crippen molar-refractivity contribution in [2.24, 2.45) is 0 Å². The van der Waals surface area contributed by atoms with Crippen LogP contribution in [0.4, 0.5) is 0 Å². The van der Waals surface area contributed by atoms with Crippen molar-refractivity contribution in [1.29, 1.82) is 0 Å². The molecule has 1 aromatic heterocycles. The molecule has 1 heterocycles. The van der Waals surface area contributed by atoms with Gasteiger partial charge in [-0.3, -0.25) is 4.98 Å². The van der Waals surface area contributed by atoms with Gasteiger partial charge in [0.25, 0.3) is 0 Å².